The summed E-state index contributed by atoms with van der Waals surface area (Å²) in [5, 5.41) is 0. The Bertz CT molecular complexity index is 979. The van der Waals surface area contributed by atoms with Crippen molar-refractivity contribution in [3.63, 3.8) is 0 Å². The maximum Gasteiger partial charge on any atom is 0.336 e. The predicted molar refractivity (Wildman–Crippen MR) is 117 cm³/mol. The summed E-state index contributed by atoms with van der Waals surface area (Å²) in [5.41, 5.74) is 14.0. The standard InChI is InChI=1S/C24H20N2O4/c25-19-7-11-21(12-8-19)29-23(27)15-5-17-1-2-18(4-3-17)6-16-24(28)30-22-13-9-20(26)10-14-22/h1-16H,25-26H2. The average molecular weight is 400 g/mol. The molecule has 0 spiro atoms. The number of carbonyl (C=O) groups excluding carboxylic acids is 2. The van der Waals surface area contributed by atoms with Gasteiger partial charge in [0.25, 0.3) is 0 Å². The van der Waals surface area contributed by atoms with E-state index in [1.165, 1.54) is 12.2 Å². The van der Waals surface area contributed by atoms with Crippen LogP contribution in [0, 0.1) is 0 Å². The quantitative estimate of drug-likeness (QED) is 0.279. The van der Waals surface area contributed by atoms with Crippen molar-refractivity contribution < 1.29 is 19.1 Å². The van der Waals surface area contributed by atoms with Crippen molar-refractivity contribution in [2.45, 2.75) is 0 Å². The van der Waals surface area contributed by atoms with Crippen molar-refractivity contribution in [1.29, 1.82) is 0 Å². The van der Waals surface area contributed by atoms with Gasteiger partial charge < -0.3 is 20.9 Å². The van der Waals surface area contributed by atoms with E-state index in [9.17, 15) is 9.59 Å². The Balaban J connectivity index is 1.52. The van der Waals surface area contributed by atoms with Crippen LogP contribution in [0.15, 0.2) is 84.9 Å². The number of nitrogen functional groups attached to an aromatic ring is 2. The molecule has 0 aliphatic carbocycles. The summed E-state index contributed by atoms with van der Waals surface area (Å²) in [7, 11) is 0. The number of rotatable bonds is 6. The lowest BCUT2D eigenvalue weighted by Crippen LogP contribution is -2.03. The van der Waals surface area contributed by atoms with Crippen molar-refractivity contribution in [3.8, 4) is 11.5 Å². The highest BCUT2D eigenvalue weighted by molar-refractivity contribution is 5.89. The first-order valence-corrected chi connectivity index (χ1v) is 9.09. The zero-order chi connectivity index (χ0) is 21.3. The van der Waals surface area contributed by atoms with Crippen LogP contribution in [0.2, 0.25) is 0 Å². The molecule has 0 saturated heterocycles. The Morgan fingerprint density at radius 2 is 0.900 bits per heavy atom. The lowest BCUT2D eigenvalue weighted by atomic mass is 10.1. The van der Waals surface area contributed by atoms with Crippen molar-refractivity contribution in [1.82, 2.24) is 0 Å². The fourth-order valence-corrected chi connectivity index (χ4v) is 2.42. The van der Waals surface area contributed by atoms with Crippen molar-refractivity contribution in [2.75, 3.05) is 11.5 Å². The highest BCUT2D eigenvalue weighted by Crippen LogP contribution is 2.15. The minimum absolute atomic E-state index is 0.421. The van der Waals surface area contributed by atoms with Gasteiger partial charge in [-0.2, -0.15) is 0 Å². The minimum atomic E-state index is -0.492. The number of hydrogen-bond donors (Lipinski definition) is 2. The topological polar surface area (TPSA) is 105 Å². The second-order valence-corrected chi connectivity index (χ2v) is 6.31. The Kier molecular flexibility index (Phi) is 6.63. The first kappa shape index (κ1) is 20.4. The molecule has 0 aromatic heterocycles. The third-order valence-electron chi connectivity index (χ3n) is 3.96. The molecule has 3 rings (SSSR count). The highest BCUT2D eigenvalue weighted by Gasteiger charge is 2.01. The molecular formula is C24H20N2O4. The number of ether oxygens (including phenoxy) is 2. The molecule has 0 amide bonds. The molecule has 0 heterocycles. The van der Waals surface area contributed by atoms with Gasteiger partial charge in [0.2, 0.25) is 0 Å². The van der Waals surface area contributed by atoms with Gasteiger partial charge in [-0.15, -0.1) is 0 Å². The average Bonchev–Trinajstić information content (AvgIpc) is 2.75. The third kappa shape index (κ3) is 6.38. The summed E-state index contributed by atoms with van der Waals surface area (Å²) in [4.78, 5) is 23.7. The van der Waals surface area contributed by atoms with Gasteiger partial charge in [-0.3, -0.25) is 0 Å². The largest absolute Gasteiger partial charge is 0.423 e. The van der Waals surface area contributed by atoms with E-state index >= 15 is 0 Å². The Hall–Kier alpha value is -4.32. The fourth-order valence-electron chi connectivity index (χ4n) is 2.42. The molecular weight excluding hydrogens is 380 g/mol. The highest BCUT2D eigenvalue weighted by atomic mass is 16.5. The number of carbonyl (C=O) groups is 2. The molecule has 3 aromatic rings. The number of esters is 2. The zero-order valence-electron chi connectivity index (χ0n) is 16.0. The first-order valence-electron chi connectivity index (χ1n) is 9.09. The van der Waals surface area contributed by atoms with Gasteiger partial charge in [0.05, 0.1) is 0 Å². The molecule has 4 N–H and O–H groups in total. The third-order valence-corrected chi connectivity index (χ3v) is 3.96. The van der Waals surface area contributed by atoms with Crippen LogP contribution in [0.4, 0.5) is 11.4 Å². The van der Waals surface area contributed by atoms with E-state index in [1.807, 2.05) is 24.3 Å². The number of nitrogens with two attached hydrogens (primary N) is 2. The van der Waals surface area contributed by atoms with Crippen LogP contribution in [0.25, 0.3) is 12.2 Å². The van der Waals surface area contributed by atoms with E-state index in [0.29, 0.717) is 22.9 Å². The summed E-state index contributed by atoms with van der Waals surface area (Å²) in [6, 6.07) is 20.4. The Morgan fingerprint density at radius 1 is 0.567 bits per heavy atom. The summed E-state index contributed by atoms with van der Waals surface area (Å²) >= 11 is 0. The number of anilines is 2. The molecule has 0 radical (unpaired) electrons. The SMILES string of the molecule is Nc1ccc(OC(=O)C=Cc2ccc(C=CC(=O)Oc3ccc(N)cc3)cc2)cc1. The number of hydrogen-bond acceptors (Lipinski definition) is 6. The van der Waals surface area contributed by atoms with E-state index in [0.717, 1.165) is 11.1 Å². The fraction of sp³-hybridized carbons (Fsp3) is 0. The summed E-state index contributed by atoms with van der Waals surface area (Å²) in [6.45, 7) is 0. The molecule has 6 heteroatoms. The second-order valence-electron chi connectivity index (χ2n) is 6.31. The molecule has 6 nitrogen and oxygen atoms in total. The van der Waals surface area contributed by atoms with Crippen molar-refractivity contribution in [3.05, 3.63) is 96.1 Å². The summed E-state index contributed by atoms with van der Waals surface area (Å²) < 4.78 is 10.4. The lowest BCUT2D eigenvalue weighted by molar-refractivity contribution is -0.129. The van der Waals surface area contributed by atoms with Crippen LogP contribution < -0.4 is 20.9 Å². The Morgan fingerprint density at radius 3 is 1.23 bits per heavy atom. The van der Waals surface area contributed by atoms with Gasteiger partial charge in [0, 0.05) is 23.5 Å². The molecule has 0 fully saturated rings. The normalized spacial score (nSPS) is 10.9. The Labute approximate surface area is 174 Å². The smallest absolute Gasteiger partial charge is 0.336 e. The lowest BCUT2D eigenvalue weighted by Gasteiger charge is -2.02. The molecule has 0 aliphatic heterocycles. The molecule has 30 heavy (non-hydrogen) atoms. The van der Waals surface area contributed by atoms with Crippen LogP contribution in [0.5, 0.6) is 11.5 Å². The van der Waals surface area contributed by atoms with Crippen molar-refractivity contribution in [2.24, 2.45) is 0 Å². The van der Waals surface area contributed by atoms with Crippen LogP contribution in [0.3, 0.4) is 0 Å². The molecule has 0 unspecified atom stereocenters. The van der Waals surface area contributed by atoms with Gasteiger partial charge in [0.1, 0.15) is 11.5 Å². The van der Waals surface area contributed by atoms with Gasteiger partial charge >= 0.3 is 11.9 Å². The molecule has 0 bridgehead atoms. The van der Waals surface area contributed by atoms with E-state index in [2.05, 4.69) is 0 Å². The number of benzene rings is 3. The van der Waals surface area contributed by atoms with Crippen LogP contribution in [0.1, 0.15) is 11.1 Å². The van der Waals surface area contributed by atoms with Crippen LogP contribution >= 0.6 is 0 Å². The molecule has 0 aliphatic rings. The van der Waals surface area contributed by atoms with Crippen LogP contribution in [-0.2, 0) is 9.59 Å². The summed E-state index contributed by atoms with van der Waals surface area (Å²) in [6.07, 6.45) is 5.96. The predicted octanol–water partition coefficient (Wildman–Crippen LogP) is 4.09. The van der Waals surface area contributed by atoms with E-state index < -0.39 is 11.9 Å². The van der Waals surface area contributed by atoms with Crippen LogP contribution in [-0.4, -0.2) is 11.9 Å². The van der Waals surface area contributed by atoms with Gasteiger partial charge in [-0.05, 0) is 71.8 Å². The maximum atomic E-state index is 11.9. The summed E-state index contributed by atoms with van der Waals surface area (Å²) in [5.74, 6) is -0.140. The van der Waals surface area contributed by atoms with E-state index in [-0.39, 0.29) is 0 Å². The molecule has 0 atom stereocenters. The first-order chi connectivity index (χ1) is 14.5. The molecule has 150 valence electrons. The molecule has 3 aromatic carbocycles. The zero-order valence-corrected chi connectivity index (χ0v) is 16.0. The maximum absolute atomic E-state index is 11.9. The van der Waals surface area contributed by atoms with Crippen molar-refractivity contribution >= 4 is 35.5 Å². The minimum Gasteiger partial charge on any atom is -0.423 e. The molecule has 0 saturated carbocycles. The van der Waals surface area contributed by atoms with E-state index in [4.69, 9.17) is 20.9 Å². The van der Waals surface area contributed by atoms with Gasteiger partial charge in [0.15, 0.2) is 0 Å². The van der Waals surface area contributed by atoms with Gasteiger partial charge in [-0.1, -0.05) is 24.3 Å². The van der Waals surface area contributed by atoms with E-state index in [1.54, 1.807) is 60.7 Å². The van der Waals surface area contributed by atoms with Gasteiger partial charge in [-0.25, -0.2) is 9.59 Å². The monoisotopic (exact) mass is 400 g/mol. The second kappa shape index (κ2) is 9.75.